The van der Waals surface area contributed by atoms with Crippen molar-refractivity contribution in [2.45, 2.75) is 158 Å². The molecule has 24 bridgehead atoms. The second-order valence-electron chi connectivity index (χ2n) is 37.6. The van der Waals surface area contributed by atoms with Gasteiger partial charge in [0.15, 0.2) is 0 Å². The number of H-pyrrole nitrogens is 4. The standard InChI is InChI=1S/C124H108Cl8N12/c1-9-29-73-61-97-105-45-46-106(141(105)93-37-21-17-22-38-93)99-63-75(31-11-3)119(135-99)114(82-55-87(127)70-88(128)56-82)120-77(33-13-5)65-101(137-120)109-49-50-110(143(109)95-41-25-19-26-42-95)103-67-79(35-15-7)123(139-103)116(84-59-91(131)72-92(132)60-84)124-80(36-16-8)68-104(140-124)112-52-51-111(144(112)96-43-27-20-28-44-96)102-66-78(34-14-6)122(138-102)115(83-57-89(129)71-90(130)58-83)121-76(32-12-4)64-100(136-121)108-48-47-107(142(108)94-39-23-18-24-40-94)98-62-74(30-10-2)118(134-98)113(117(73)133-97)81-53-85(125)69-86(126)54-81/h17-28,37-72,133,136-137,140H,9-16,29-36H2,1-8H3/b105-97?,106-99?,107-98?,108-100?,109-101?,110-103?,111-102?,112-104?,117-113?,118-113-,119-114-,120-114?,121-115?,122-115-,123-116-,124-116?. The van der Waals surface area contributed by atoms with Gasteiger partial charge in [0.2, 0.25) is 0 Å². The highest BCUT2D eigenvalue weighted by Crippen LogP contribution is 2.50. The van der Waals surface area contributed by atoms with Crippen LogP contribution in [0.4, 0.5) is 0 Å². The van der Waals surface area contributed by atoms with Crippen molar-refractivity contribution in [2.75, 3.05) is 0 Å². The van der Waals surface area contributed by atoms with Crippen LogP contribution in [0.5, 0.6) is 0 Å². The number of aromatic nitrogens is 8. The number of nitrogens with one attached hydrogen (secondary N) is 4. The van der Waals surface area contributed by atoms with Crippen LogP contribution in [0.25, 0.3) is 90.6 Å². The zero-order chi connectivity index (χ0) is 99.2. The predicted molar refractivity (Wildman–Crippen MR) is 606 cm³/mol. The van der Waals surface area contributed by atoms with Crippen molar-refractivity contribution in [3.8, 4) is 68.3 Å². The Morgan fingerprint density at radius 2 is 0.389 bits per heavy atom. The largest absolute Gasteiger partial charge is 0.353 e. The molecule has 4 N–H and O–H groups in total. The number of aliphatic imine (C=N–C) groups is 4. The summed E-state index contributed by atoms with van der Waals surface area (Å²) in [5.41, 5.74) is 40.4. The summed E-state index contributed by atoms with van der Waals surface area (Å²) in [4.78, 5) is 40.7. The van der Waals surface area contributed by atoms with E-state index in [-0.39, 0.29) is 0 Å². The fourth-order valence-corrected chi connectivity index (χ4v) is 23.7. The van der Waals surface area contributed by atoms with Crippen molar-refractivity contribution in [3.05, 3.63) is 467 Å². The van der Waals surface area contributed by atoms with E-state index in [1.165, 1.54) is 0 Å². The molecule has 0 saturated heterocycles. The van der Waals surface area contributed by atoms with Gasteiger partial charge in [0, 0.05) is 85.2 Å². The van der Waals surface area contributed by atoms with Crippen LogP contribution in [0.3, 0.4) is 0 Å². The summed E-state index contributed by atoms with van der Waals surface area (Å²) in [7, 11) is 0. The molecule has 5 aliphatic rings. The molecule has 12 nitrogen and oxygen atoms in total. The second kappa shape index (κ2) is 41.9. The van der Waals surface area contributed by atoms with Crippen LogP contribution in [0.1, 0.15) is 222 Å². The van der Waals surface area contributed by atoms with Gasteiger partial charge in [0.1, 0.15) is 0 Å². The van der Waals surface area contributed by atoms with E-state index in [2.05, 4.69) is 312 Å². The van der Waals surface area contributed by atoms with Crippen LogP contribution in [0.15, 0.2) is 356 Å². The number of allylic oxidation sites excluding steroid dienone is 8. The molecule has 13 heterocycles. The van der Waals surface area contributed by atoms with Gasteiger partial charge in [-0.2, -0.15) is 0 Å². The van der Waals surface area contributed by atoms with Gasteiger partial charge in [-0.05, 0) is 337 Å². The van der Waals surface area contributed by atoms with Crippen LogP contribution >= 0.6 is 92.8 Å². The number of hydrogen-bond donors (Lipinski definition) is 4. The molecule has 0 atom stereocenters. The molecule has 0 radical (unpaired) electrons. The zero-order valence-corrected chi connectivity index (χ0v) is 87.7. The molecule has 720 valence electrons. The Labute approximate surface area is 881 Å². The lowest BCUT2D eigenvalue weighted by Crippen LogP contribution is -2.07. The minimum Gasteiger partial charge on any atom is -0.353 e. The van der Waals surface area contributed by atoms with E-state index in [4.69, 9.17) is 113 Å². The van der Waals surface area contributed by atoms with Crippen LogP contribution in [-0.2, 0) is 25.7 Å². The first-order valence-electron chi connectivity index (χ1n) is 50.3. The Morgan fingerprint density at radius 3 is 0.569 bits per heavy atom. The topological polar surface area (TPSA) is 132 Å². The number of rotatable bonds is 24. The highest BCUT2D eigenvalue weighted by Gasteiger charge is 2.36. The fraction of sp³-hybridized carbons (Fsp3) is 0.194. The average molecular weight is 2050 g/mol. The van der Waals surface area contributed by atoms with Crippen LogP contribution in [0.2, 0.25) is 40.2 Å². The minimum absolute atomic E-state index is 0.505. The highest BCUT2D eigenvalue weighted by molar-refractivity contribution is 6.37. The molecule has 5 aliphatic heterocycles. The van der Waals surface area contributed by atoms with E-state index in [0.717, 1.165) is 326 Å². The number of hydrogen-bond acceptors (Lipinski definition) is 4. The van der Waals surface area contributed by atoms with Gasteiger partial charge in [0.25, 0.3) is 0 Å². The smallest absolute Gasteiger partial charge is 0.0881 e. The molecule has 16 aromatic rings. The molecule has 0 amide bonds. The molecule has 0 spiro atoms. The van der Waals surface area contributed by atoms with Crippen molar-refractivity contribution in [1.82, 2.24) is 38.2 Å². The summed E-state index contributed by atoms with van der Waals surface area (Å²) >= 11 is 58.3. The number of benzene rings is 8. The Bertz CT molecular complexity index is 7130. The first-order valence-corrected chi connectivity index (χ1v) is 53.3. The van der Waals surface area contributed by atoms with E-state index in [0.29, 0.717) is 65.9 Å². The van der Waals surface area contributed by atoms with Crippen LogP contribution in [-0.4, -0.2) is 61.1 Å². The van der Waals surface area contributed by atoms with Crippen molar-refractivity contribution < 1.29 is 0 Å². The number of aromatic amines is 4. The van der Waals surface area contributed by atoms with Crippen LogP contribution < -0.4 is 0 Å². The van der Waals surface area contributed by atoms with E-state index in [9.17, 15) is 0 Å². The maximum absolute atomic E-state index is 7.29. The van der Waals surface area contributed by atoms with E-state index in [1.54, 1.807) is 24.3 Å². The third-order valence-corrected chi connectivity index (χ3v) is 29.2. The maximum Gasteiger partial charge on any atom is 0.0881 e. The molecular formula is C124H108Cl8N12. The van der Waals surface area contributed by atoms with Crippen molar-refractivity contribution in [3.63, 3.8) is 0 Å². The summed E-state index contributed by atoms with van der Waals surface area (Å²) in [6.45, 7) is 17.9. The summed E-state index contributed by atoms with van der Waals surface area (Å²) < 4.78 is 9.40. The van der Waals surface area contributed by atoms with Crippen molar-refractivity contribution >= 4 is 138 Å². The molecule has 8 aromatic heterocycles. The van der Waals surface area contributed by atoms with E-state index in [1.807, 2.05) is 48.5 Å². The molecular weight excluding hydrogens is 1940 g/mol. The maximum atomic E-state index is 7.29. The molecule has 8 aromatic carbocycles. The van der Waals surface area contributed by atoms with Crippen molar-refractivity contribution in [1.29, 1.82) is 0 Å². The molecule has 21 rings (SSSR count). The number of aryl methyl sites for hydroxylation is 4. The lowest BCUT2D eigenvalue weighted by atomic mass is 9.93. The lowest BCUT2D eigenvalue weighted by Gasteiger charge is -2.16. The third-order valence-electron chi connectivity index (χ3n) is 27.4. The van der Waals surface area contributed by atoms with Gasteiger partial charge in [-0.15, -0.1) is 0 Å². The Kier molecular flexibility index (Phi) is 28.3. The molecule has 0 fully saturated rings. The van der Waals surface area contributed by atoms with Gasteiger partial charge in [-0.3, -0.25) is 0 Å². The average Bonchev–Trinajstić information content (AvgIpc) is 1.58. The monoisotopic (exact) mass is 2040 g/mol. The summed E-state index contributed by atoms with van der Waals surface area (Å²) in [6.07, 6.45) is 21.7. The normalized spacial score (nSPS) is 16.2. The van der Waals surface area contributed by atoms with Gasteiger partial charge in [-0.1, -0.05) is 272 Å². The van der Waals surface area contributed by atoms with E-state index < -0.39 is 0 Å². The predicted octanol–water partition coefficient (Wildman–Crippen LogP) is 36.1. The molecule has 0 unspecified atom stereocenters. The second-order valence-corrected chi connectivity index (χ2v) is 41.1. The summed E-state index contributed by atoms with van der Waals surface area (Å²) in [5.74, 6) is 0. The first-order chi connectivity index (χ1) is 70.3. The van der Waals surface area contributed by atoms with Gasteiger partial charge in [0.05, 0.1) is 137 Å². The van der Waals surface area contributed by atoms with Crippen molar-refractivity contribution in [2.24, 2.45) is 20.0 Å². The Hall–Kier alpha value is -13.1. The summed E-state index contributed by atoms with van der Waals surface area (Å²) in [6, 6.07) is 93.0. The lowest BCUT2D eigenvalue weighted by molar-refractivity contribution is 0.910. The fourth-order valence-electron chi connectivity index (χ4n) is 21.6. The van der Waals surface area contributed by atoms with Gasteiger partial charge < -0.3 is 38.2 Å². The molecule has 0 saturated carbocycles. The number of para-hydroxylation sites is 4. The molecule has 20 heteroatoms. The Balaban J connectivity index is 0.857. The molecule has 144 heavy (non-hydrogen) atoms. The van der Waals surface area contributed by atoms with Crippen LogP contribution in [0, 0.1) is 0 Å². The highest BCUT2D eigenvalue weighted by atomic mass is 35.5. The SMILES string of the molecule is CCCC1=CC2=N/C1=C(/c1cc(Cl)cc(Cl)c1)c1[nH]c(cc1CCC)-c1ccc(n1-c1ccccc1)C1=N/C(=C(/c3cc(Cl)cc(Cl)c3)c3[nH]c(cc3CCC)-c3ccc(n3-c3ccccc3)C3=N/C(=C(/c4cc(Cl)cc(Cl)c4)c4[nH]c(cc4CCC)-c4ccc(n4-c4ccccc4)C4=N/C(=C(/c5cc(Cl)cc(Cl)c5)c5[nH]c(cc5CCC)-c5ccc2n5-c2ccccc2)C(CCC)=C4)C(CCC)=C3)C(CCC)=C1. The zero-order valence-electron chi connectivity index (χ0n) is 81.6. The van der Waals surface area contributed by atoms with Gasteiger partial charge in [-0.25, -0.2) is 20.0 Å². The first kappa shape index (κ1) is 97.0. The molecule has 0 aliphatic carbocycles. The number of halogens is 8. The number of nitrogens with zero attached hydrogens (tertiary/aromatic N) is 8. The number of fused-ring (bicyclic) bond motifs is 28. The minimum atomic E-state index is 0.505. The summed E-state index contributed by atoms with van der Waals surface area (Å²) in [5, 5.41) is 4.04. The Morgan fingerprint density at radius 1 is 0.208 bits per heavy atom. The van der Waals surface area contributed by atoms with E-state index >= 15 is 0 Å². The quantitative estimate of drug-likeness (QED) is 0.0459. The third kappa shape index (κ3) is 18.8. The van der Waals surface area contributed by atoms with Gasteiger partial charge >= 0.3 is 0 Å².